The number of carbonyl (C=O) groups is 1. The summed E-state index contributed by atoms with van der Waals surface area (Å²) in [5.74, 6) is -0.229. The highest BCUT2D eigenvalue weighted by molar-refractivity contribution is 5.99. The molecule has 1 aromatic carbocycles. The van der Waals surface area contributed by atoms with Crippen molar-refractivity contribution in [2.45, 2.75) is 45.0 Å². The number of hydrogen-bond donors (Lipinski definition) is 1. The lowest BCUT2D eigenvalue weighted by molar-refractivity contribution is -0.297. The zero-order chi connectivity index (χ0) is 19.1. The Balaban J connectivity index is 1.82. The highest BCUT2D eigenvalue weighted by Gasteiger charge is 2.64. The van der Waals surface area contributed by atoms with E-state index in [0.717, 1.165) is 12.8 Å². The van der Waals surface area contributed by atoms with Crippen LogP contribution in [0.4, 0.5) is 13.2 Å². The van der Waals surface area contributed by atoms with E-state index in [2.05, 4.69) is 5.10 Å². The molecule has 1 aromatic rings. The van der Waals surface area contributed by atoms with E-state index in [1.807, 2.05) is 13.8 Å². The van der Waals surface area contributed by atoms with Crippen molar-refractivity contribution in [1.29, 1.82) is 0 Å². The maximum Gasteiger partial charge on any atom is 0.438 e. The fourth-order valence-corrected chi connectivity index (χ4v) is 2.73. The maximum atomic E-state index is 13.4. The van der Waals surface area contributed by atoms with Crippen molar-refractivity contribution >= 4 is 11.6 Å². The summed E-state index contributed by atoms with van der Waals surface area (Å²) in [4.78, 5) is 12.6. The quantitative estimate of drug-likeness (QED) is 0.862. The number of ether oxygens (including phenoxy) is 1. The molecular weight excluding hydrogens is 349 g/mol. The Morgan fingerprint density at radius 3 is 2.46 bits per heavy atom. The molecule has 5 nitrogen and oxygen atoms in total. The maximum absolute atomic E-state index is 13.4. The van der Waals surface area contributed by atoms with Gasteiger partial charge in [0.2, 0.25) is 0 Å². The van der Waals surface area contributed by atoms with Crippen molar-refractivity contribution in [2.75, 3.05) is 6.61 Å². The third-order valence-electron chi connectivity index (χ3n) is 4.39. The highest BCUT2D eigenvalue weighted by atomic mass is 19.4. The largest absolute Gasteiger partial charge is 0.493 e. The van der Waals surface area contributed by atoms with Crippen LogP contribution in [0.2, 0.25) is 0 Å². The van der Waals surface area contributed by atoms with Gasteiger partial charge >= 0.3 is 6.18 Å². The molecule has 0 spiro atoms. The average Bonchev–Trinajstić information content (AvgIpc) is 3.35. The normalized spacial score (nSPS) is 23.3. The molecule has 3 rings (SSSR count). The van der Waals surface area contributed by atoms with Gasteiger partial charge in [-0.05, 0) is 48.9 Å². The van der Waals surface area contributed by atoms with Gasteiger partial charge in [0.05, 0.1) is 6.61 Å². The zero-order valence-electron chi connectivity index (χ0n) is 14.6. The molecular formula is C18H21F3N2O3. The molecule has 26 heavy (non-hydrogen) atoms. The smallest absolute Gasteiger partial charge is 0.438 e. The molecule has 8 heteroatoms. The number of aliphatic hydroxyl groups is 1. The third-order valence-corrected chi connectivity index (χ3v) is 4.39. The number of alkyl halides is 3. The molecule has 1 N–H and O–H groups in total. The fourth-order valence-electron chi connectivity index (χ4n) is 2.73. The lowest BCUT2D eigenvalue weighted by Crippen LogP contribution is -2.56. The summed E-state index contributed by atoms with van der Waals surface area (Å²) in [7, 11) is 0. The summed E-state index contributed by atoms with van der Waals surface area (Å²) in [5, 5.41) is 14.2. The Morgan fingerprint density at radius 2 is 1.96 bits per heavy atom. The molecule has 0 unspecified atom stereocenters. The van der Waals surface area contributed by atoms with Gasteiger partial charge in [0.1, 0.15) is 5.75 Å². The van der Waals surface area contributed by atoms with Crippen LogP contribution in [0.3, 0.4) is 0 Å². The van der Waals surface area contributed by atoms with Crippen LogP contribution in [0.5, 0.6) is 5.75 Å². The van der Waals surface area contributed by atoms with Crippen LogP contribution in [-0.4, -0.2) is 40.2 Å². The second kappa shape index (κ2) is 6.57. The van der Waals surface area contributed by atoms with Gasteiger partial charge in [-0.25, -0.2) is 0 Å². The number of nitrogens with zero attached hydrogens (tertiary/aromatic N) is 2. The molecule has 0 bridgehead atoms. The van der Waals surface area contributed by atoms with Crippen molar-refractivity contribution in [3.63, 3.8) is 0 Å². The van der Waals surface area contributed by atoms with Gasteiger partial charge in [-0.2, -0.15) is 23.3 Å². The van der Waals surface area contributed by atoms with Gasteiger partial charge < -0.3 is 9.84 Å². The average molecular weight is 370 g/mol. The zero-order valence-corrected chi connectivity index (χ0v) is 14.6. The first-order valence-electron chi connectivity index (χ1n) is 8.55. The number of benzene rings is 1. The van der Waals surface area contributed by atoms with Gasteiger partial charge in [-0.15, -0.1) is 0 Å². The van der Waals surface area contributed by atoms with Crippen molar-refractivity contribution in [1.82, 2.24) is 5.01 Å². The molecule has 1 aliphatic heterocycles. The molecule has 1 aliphatic carbocycles. The minimum atomic E-state index is -5.00. The first-order chi connectivity index (χ1) is 12.1. The van der Waals surface area contributed by atoms with Gasteiger partial charge in [0.15, 0.2) is 0 Å². The molecule has 1 saturated carbocycles. The Hall–Kier alpha value is -2.09. The van der Waals surface area contributed by atoms with Crippen molar-refractivity contribution in [3.8, 4) is 5.75 Å². The topological polar surface area (TPSA) is 62.1 Å². The second-order valence-electron chi connectivity index (χ2n) is 7.20. The van der Waals surface area contributed by atoms with Gasteiger partial charge in [-0.1, -0.05) is 13.8 Å². The van der Waals surface area contributed by atoms with E-state index in [4.69, 9.17) is 4.74 Å². The molecule has 142 valence electrons. The lowest BCUT2D eigenvalue weighted by Gasteiger charge is -2.32. The van der Waals surface area contributed by atoms with E-state index in [-0.39, 0.29) is 22.2 Å². The van der Waals surface area contributed by atoms with Crippen LogP contribution >= 0.6 is 0 Å². The van der Waals surface area contributed by atoms with Crippen LogP contribution < -0.4 is 4.74 Å². The monoisotopic (exact) mass is 370 g/mol. The number of rotatable bonds is 5. The minimum Gasteiger partial charge on any atom is -0.493 e. The van der Waals surface area contributed by atoms with Crippen LogP contribution in [0.15, 0.2) is 29.4 Å². The van der Waals surface area contributed by atoms with E-state index in [9.17, 15) is 23.1 Å². The number of halogens is 3. The first-order valence-corrected chi connectivity index (χ1v) is 8.55. The lowest BCUT2D eigenvalue weighted by atomic mass is 10.0. The predicted octanol–water partition coefficient (Wildman–Crippen LogP) is 3.58. The molecule has 1 fully saturated rings. The van der Waals surface area contributed by atoms with E-state index in [1.165, 1.54) is 24.3 Å². The summed E-state index contributed by atoms with van der Waals surface area (Å²) >= 11 is 0. The molecule has 2 aliphatic rings. The number of hydrogen-bond acceptors (Lipinski definition) is 4. The number of hydrazone groups is 1. The van der Waals surface area contributed by atoms with E-state index in [0.29, 0.717) is 18.3 Å². The Kier molecular flexibility index (Phi) is 4.72. The summed E-state index contributed by atoms with van der Waals surface area (Å²) in [5.41, 5.74) is -3.06. The van der Waals surface area contributed by atoms with Gasteiger partial charge in [-0.3, -0.25) is 4.79 Å². The van der Waals surface area contributed by atoms with Crippen molar-refractivity contribution in [3.05, 3.63) is 29.8 Å². The first kappa shape index (κ1) is 18.7. The van der Waals surface area contributed by atoms with Gasteiger partial charge in [0.25, 0.3) is 11.6 Å². The molecule has 0 aromatic heterocycles. The van der Waals surface area contributed by atoms with Crippen molar-refractivity contribution in [2.24, 2.45) is 16.9 Å². The van der Waals surface area contributed by atoms with Crippen LogP contribution in [0.1, 0.15) is 43.5 Å². The highest BCUT2D eigenvalue weighted by Crippen LogP contribution is 2.45. The number of carbonyl (C=O) groups excluding carboxylic acids is 1. The number of amides is 1. The molecule has 0 radical (unpaired) electrons. The molecule has 1 heterocycles. The molecule has 1 amide bonds. The fraction of sp³-hybridized carbons (Fsp3) is 0.556. The van der Waals surface area contributed by atoms with Crippen LogP contribution in [-0.2, 0) is 0 Å². The van der Waals surface area contributed by atoms with Crippen molar-refractivity contribution < 1.29 is 27.8 Å². The van der Waals surface area contributed by atoms with E-state index >= 15 is 0 Å². The summed E-state index contributed by atoms with van der Waals surface area (Å²) in [6.45, 7) is 4.46. The summed E-state index contributed by atoms with van der Waals surface area (Å²) in [6.07, 6.45) is -4.22. The Labute approximate surface area is 149 Å². The Morgan fingerprint density at radius 1 is 1.35 bits per heavy atom. The summed E-state index contributed by atoms with van der Waals surface area (Å²) < 4.78 is 45.8. The SMILES string of the molecule is CC(C)COc1ccc(C(=O)N2N=C(C3CC3)C[C@]2(O)C(F)(F)F)cc1. The minimum absolute atomic E-state index is 0.00497. The van der Waals surface area contributed by atoms with Gasteiger partial charge in [0, 0.05) is 17.7 Å². The van der Waals surface area contributed by atoms with Crippen LogP contribution in [0, 0.1) is 11.8 Å². The summed E-state index contributed by atoms with van der Waals surface area (Å²) in [6, 6.07) is 5.78. The molecule has 1 atom stereocenters. The standard InChI is InChI=1S/C18H21F3N2O3/c1-11(2)10-26-14-7-5-13(6-8-14)16(24)23-17(25,18(19,20)21)9-15(22-23)12-3-4-12/h5-8,11-12,25H,3-4,9-10H2,1-2H3/t17-/m0/s1. The Bertz CT molecular complexity index is 711. The third kappa shape index (κ3) is 3.56. The second-order valence-corrected chi connectivity index (χ2v) is 7.20. The van der Waals surface area contributed by atoms with E-state index in [1.54, 1.807) is 0 Å². The van der Waals surface area contributed by atoms with E-state index < -0.39 is 24.2 Å². The van der Waals surface area contributed by atoms with Crippen LogP contribution in [0.25, 0.3) is 0 Å². The predicted molar refractivity (Wildman–Crippen MR) is 88.7 cm³/mol. The molecule has 0 saturated heterocycles.